The van der Waals surface area contributed by atoms with E-state index in [4.69, 9.17) is 0 Å². The number of carbonyl (C=O) groups is 1. The van der Waals surface area contributed by atoms with Crippen LogP contribution >= 0.6 is 0 Å². The molecule has 0 atom stereocenters. The van der Waals surface area contributed by atoms with Crippen LogP contribution in [0.25, 0.3) is 22.4 Å². The molecule has 8 heteroatoms. The molecule has 1 aromatic carbocycles. The molecule has 25 heavy (non-hydrogen) atoms. The average molecular weight is 334 g/mol. The van der Waals surface area contributed by atoms with E-state index >= 15 is 0 Å². The molecule has 1 amide bonds. The Bertz CT molecular complexity index is 1170. The number of nitrogens with one attached hydrogen (secondary N) is 1. The Morgan fingerprint density at radius 2 is 1.92 bits per heavy atom. The van der Waals surface area contributed by atoms with Crippen molar-refractivity contribution in [2.75, 3.05) is 5.32 Å². The van der Waals surface area contributed by atoms with Crippen molar-refractivity contribution in [2.24, 2.45) is 0 Å². The van der Waals surface area contributed by atoms with Crippen LogP contribution in [0.15, 0.2) is 47.7 Å². The van der Waals surface area contributed by atoms with Crippen molar-refractivity contribution >= 4 is 28.3 Å². The second-order valence-electron chi connectivity index (χ2n) is 5.65. The molecule has 3 heterocycles. The molecule has 0 bridgehead atoms. The topological polar surface area (TPSA) is 94.2 Å². The van der Waals surface area contributed by atoms with Crippen molar-refractivity contribution in [3.8, 4) is 5.69 Å². The molecule has 4 aromatic rings. The van der Waals surface area contributed by atoms with Crippen LogP contribution < -0.4 is 10.9 Å². The minimum Gasteiger partial charge on any atom is -0.326 e. The Balaban J connectivity index is 1.90. The molecule has 0 saturated carbocycles. The second kappa shape index (κ2) is 5.52. The van der Waals surface area contributed by atoms with E-state index in [1.165, 1.54) is 17.8 Å². The van der Waals surface area contributed by atoms with Crippen LogP contribution in [-0.4, -0.2) is 30.1 Å². The van der Waals surface area contributed by atoms with Gasteiger partial charge in [0.25, 0.3) is 11.3 Å². The van der Waals surface area contributed by atoms with Gasteiger partial charge in [-0.3, -0.25) is 14.2 Å². The summed E-state index contributed by atoms with van der Waals surface area (Å²) in [5.74, 6) is 0.316. The number of anilines is 1. The van der Waals surface area contributed by atoms with Crippen molar-refractivity contribution in [3.63, 3.8) is 0 Å². The first-order valence-corrected chi connectivity index (χ1v) is 7.64. The van der Waals surface area contributed by atoms with Gasteiger partial charge in [-0.1, -0.05) is 0 Å². The van der Waals surface area contributed by atoms with Crippen LogP contribution in [-0.2, 0) is 4.79 Å². The van der Waals surface area contributed by atoms with Crippen molar-refractivity contribution in [2.45, 2.75) is 13.8 Å². The van der Waals surface area contributed by atoms with E-state index in [1.807, 2.05) is 6.07 Å². The monoisotopic (exact) mass is 334 g/mol. The number of nitrogens with zero attached hydrogens (tertiary/aromatic N) is 5. The van der Waals surface area contributed by atoms with Gasteiger partial charge in [-0.15, -0.1) is 0 Å². The quantitative estimate of drug-likeness (QED) is 0.602. The molecule has 1 N–H and O–H groups in total. The summed E-state index contributed by atoms with van der Waals surface area (Å²) in [7, 11) is 0. The Morgan fingerprint density at radius 1 is 1.16 bits per heavy atom. The number of rotatable bonds is 2. The molecule has 0 aliphatic carbocycles. The molecule has 3 aromatic heterocycles. The molecule has 0 radical (unpaired) electrons. The molecule has 0 aliphatic rings. The number of carbonyl (C=O) groups excluding carboxylic acids is 1. The molecule has 0 fully saturated rings. The van der Waals surface area contributed by atoms with Crippen molar-refractivity contribution in [1.29, 1.82) is 0 Å². The first-order chi connectivity index (χ1) is 12.0. The summed E-state index contributed by atoms with van der Waals surface area (Å²) in [5, 5.41) is 7.32. The van der Waals surface area contributed by atoms with Crippen LogP contribution in [0.3, 0.4) is 0 Å². The Kier molecular flexibility index (Phi) is 3.31. The van der Waals surface area contributed by atoms with Crippen LogP contribution in [0.1, 0.15) is 12.6 Å². The number of pyridine rings is 1. The van der Waals surface area contributed by atoms with E-state index in [2.05, 4.69) is 20.4 Å². The highest BCUT2D eigenvalue weighted by Crippen LogP contribution is 2.17. The summed E-state index contributed by atoms with van der Waals surface area (Å²) >= 11 is 0. The highest BCUT2D eigenvalue weighted by atomic mass is 16.1. The zero-order valence-corrected chi connectivity index (χ0v) is 13.6. The van der Waals surface area contributed by atoms with E-state index in [-0.39, 0.29) is 11.5 Å². The summed E-state index contributed by atoms with van der Waals surface area (Å²) in [6.07, 6.45) is 3.10. The normalized spacial score (nSPS) is 11.1. The molecule has 0 spiro atoms. The zero-order valence-electron chi connectivity index (χ0n) is 13.6. The van der Waals surface area contributed by atoms with Crippen molar-refractivity contribution < 1.29 is 4.79 Å². The highest BCUT2D eigenvalue weighted by Gasteiger charge is 2.13. The maximum atomic E-state index is 13.0. The third-order valence-corrected chi connectivity index (χ3v) is 3.92. The lowest BCUT2D eigenvalue weighted by Crippen LogP contribution is -2.20. The summed E-state index contributed by atoms with van der Waals surface area (Å²) in [5.41, 5.74) is 2.44. The number of aryl methyl sites for hydroxylation is 1. The molecule has 0 aliphatic heterocycles. The van der Waals surface area contributed by atoms with E-state index in [9.17, 15) is 9.59 Å². The van der Waals surface area contributed by atoms with Gasteiger partial charge in [0.15, 0.2) is 0 Å². The lowest BCUT2D eigenvalue weighted by molar-refractivity contribution is -0.114. The van der Waals surface area contributed by atoms with E-state index in [0.29, 0.717) is 33.7 Å². The molecule has 4 rings (SSSR count). The summed E-state index contributed by atoms with van der Waals surface area (Å²) in [6, 6.07) is 8.86. The number of amides is 1. The maximum Gasteiger partial charge on any atom is 0.266 e. The minimum atomic E-state index is -0.188. The number of hydrogen-bond donors (Lipinski definition) is 1. The van der Waals surface area contributed by atoms with Gasteiger partial charge in [-0.05, 0) is 37.3 Å². The lowest BCUT2D eigenvalue weighted by atomic mass is 10.2. The molecular formula is C17H14N6O2. The van der Waals surface area contributed by atoms with E-state index in [1.54, 1.807) is 41.9 Å². The van der Waals surface area contributed by atoms with Gasteiger partial charge in [0.1, 0.15) is 6.33 Å². The van der Waals surface area contributed by atoms with Crippen LogP contribution in [0.2, 0.25) is 0 Å². The third-order valence-electron chi connectivity index (χ3n) is 3.92. The first kappa shape index (κ1) is 15.0. The van der Waals surface area contributed by atoms with Gasteiger partial charge in [0, 0.05) is 24.5 Å². The predicted octanol–water partition coefficient (Wildman–Crippen LogP) is 1.70. The fourth-order valence-electron chi connectivity index (χ4n) is 2.84. The third kappa shape index (κ3) is 2.44. The van der Waals surface area contributed by atoms with Crippen LogP contribution in [0.4, 0.5) is 5.69 Å². The van der Waals surface area contributed by atoms with Crippen LogP contribution in [0, 0.1) is 6.92 Å². The first-order valence-electron chi connectivity index (χ1n) is 7.64. The summed E-state index contributed by atoms with van der Waals surface area (Å²) in [4.78, 5) is 32.5. The Labute approximate surface area is 141 Å². The minimum absolute atomic E-state index is 0.144. The molecule has 124 valence electrons. The van der Waals surface area contributed by atoms with Crippen molar-refractivity contribution in [3.05, 3.63) is 58.9 Å². The second-order valence-corrected chi connectivity index (χ2v) is 5.65. The predicted molar refractivity (Wildman–Crippen MR) is 92.9 cm³/mol. The molecule has 0 saturated heterocycles. The maximum absolute atomic E-state index is 13.0. The van der Waals surface area contributed by atoms with Gasteiger partial charge in [0.05, 0.1) is 16.6 Å². The Morgan fingerprint density at radius 3 is 2.64 bits per heavy atom. The number of hydrogen-bond acceptors (Lipinski definition) is 5. The standard InChI is InChI=1S/C17H14N6O2/c1-10-15-14(23-17(20-10)18-9-19-23)7-8-22(16(15)25)13-5-3-12(4-6-13)21-11(2)24/h3-9H,1-2H3,(H,21,24). The summed E-state index contributed by atoms with van der Waals surface area (Å²) in [6.45, 7) is 3.23. The van der Waals surface area contributed by atoms with Crippen molar-refractivity contribution in [1.82, 2.24) is 24.1 Å². The average Bonchev–Trinajstić information content (AvgIpc) is 3.03. The largest absolute Gasteiger partial charge is 0.326 e. The van der Waals surface area contributed by atoms with Gasteiger partial charge in [-0.25, -0.2) is 4.98 Å². The van der Waals surface area contributed by atoms with E-state index in [0.717, 1.165) is 0 Å². The molecular weight excluding hydrogens is 320 g/mol. The van der Waals surface area contributed by atoms with Gasteiger partial charge in [0.2, 0.25) is 5.91 Å². The molecule has 0 unspecified atom stereocenters. The Hall–Kier alpha value is -3.55. The highest BCUT2D eigenvalue weighted by molar-refractivity contribution is 5.88. The fraction of sp³-hybridized carbons (Fsp3) is 0.118. The fourth-order valence-corrected chi connectivity index (χ4v) is 2.84. The van der Waals surface area contributed by atoms with Gasteiger partial charge in [-0.2, -0.15) is 14.6 Å². The smallest absolute Gasteiger partial charge is 0.266 e. The van der Waals surface area contributed by atoms with Crippen LogP contribution in [0.5, 0.6) is 0 Å². The van der Waals surface area contributed by atoms with Gasteiger partial charge < -0.3 is 5.32 Å². The number of fused-ring (bicyclic) bond motifs is 3. The number of benzene rings is 1. The van der Waals surface area contributed by atoms with Gasteiger partial charge >= 0.3 is 0 Å². The SMILES string of the molecule is CC(=O)Nc1ccc(-n2ccc3c(c(C)nc4ncnn43)c2=O)cc1. The molecule has 8 nitrogen and oxygen atoms in total. The number of aromatic nitrogens is 5. The lowest BCUT2D eigenvalue weighted by Gasteiger charge is -2.10. The summed E-state index contributed by atoms with van der Waals surface area (Å²) < 4.78 is 3.09. The zero-order chi connectivity index (χ0) is 17.6. The van der Waals surface area contributed by atoms with E-state index < -0.39 is 0 Å².